The Morgan fingerprint density at radius 3 is 2.38 bits per heavy atom. The van der Waals surface area contributed by atoms with Crippen LogP contribution in [0.15, 0.2) is 18.2 Å². The second-order valence-electron chi connectivity index (χ2n) is 4.78. The first kappa shape index (κ1) is 12.2. The van der Waals surface area contributed by atoms with Crippen molar-refractivity contribution in [3.63, 3.8) is 0 Å². The molecule has 0 radical (unpaired) electrons. The molecular weight excluding hydrogens is 243 g/mol. The molecule has 1 aromatic carbocycles. The summed E-state index contributed by atoms with van der Waals surface area (Å²) in [5.41, 5.74) is 4.18. The largest absolute Gasteiger partial charge is 0.271 e. The monoisotopic (exact) mass is 258 g/mol. The summed E-state index contributed by atoms with van der Waals surface area (Å²) in [6, 6.07) is 5.83. The number of hydrogen-bond acceptors (Lipinski definition) is 2. The summed E-state index contributed by atoms with van der Waals surface area (Å²) in [5.74, 6) is 5.61. The third-order valence-corrected chi connectivity index (χ3v) is 4.26. The van der Waals surface area contributed by atoms with Crippen LogP contribution in [0, 0.1) is 5.41 Å². The van der Waals surface area contributed by atoms with Crippen LogP contribution in [0.2, 0.25) is 10.0 Å². The van der Waals surface area contributed by atoms with E-state index in [1.165, 1.54) is 12.8 Å². The van der Waals surface area contributed by atoms with Gasteiger partial charge in [-0.1, -0.05) is 36.2 Å². The molecule has 3 N–H and O–H groups in total. The number of nitrogens with one attached hydrogen (secondary N) is 1. The molecule has 0 heterocycles. The minimum Gasteiger partial charge on any atom is -0.271 e. The molecule has 16 heavy (non-hydrogen) atoms. The van der Waals surface area contributed by atoms with E-state index in [-0.39, 0.29) is 6.04 Å². The molecule has 1 aliphatic carbocycles. The molecule has 0 spiro atoms. The average Bonchev–Trinajstić information content (AvgIpc) is 2.97. The summed E-state index contributed by atoms with van der Waals surface area (Å²) in [5, 5.41) is 1.44. The lowest BCUT2D eigenvalue weighted by molar-refractivity contribution is 0.359. The molecule has 1 atom stereocenters. The van der Waals surface area contributed by atoms with Gasteiger partial charge < -0.3 is 0 Å². The number of rotatable bonds is 4. The molecule has 0 saturated heterocycles. The zero-order valence-corrected chi connectivity index (χ0v) is 10.8. The van der Waals surface area contributed by atoms with E-state index in [1.54, 1.807) is 0 Å². The van der Waals surface area contributed by atoms with Crippen LogP contribution in [-0.4, -0.2) is 6.04 Å². The van der Waals surface area contributed by atoms with Gasteiger partial charge in [-0.2, -0.15) is 0 Å². The molecule has 0 aromatic heterocycles. The molecule has 88 valence electrons. The Bertz CT molecular complexity index is 368. The molecule has 0 amide bonds. The van der Waals surface area contributed by atoms with Gasteiger partial charge in [0.25, 0.3) is 0 Å². The van der Waals surface area contributed by atoms with Crippen LogP contribution >= 0.6 is 23.2 Å². The highest BCUT2D eigenvalue weighted by Crippen LogP contribution is 2.49. The lowest BCUT2D eigenvalue weighted by Crippen LogP contribution is -2.42. The Kier molecular flexibility index (Phi) is 3.45. The van der Waals surface area contributed by atoms with Gasteiger partial charge in [0.1, 0.15) is 0 Å². The Labute approximate surface area is 106 Å². The third-order valence-electron chi connectivity index (χ3n) is 3.55. The van der Waals surface area contributed by atoms with Crippen LogP contribution in [0.25, 0.3) is 0 Å². The van der Waals surface area contributed by atoms with Gasteiger partial charge in [0.2, 0.25) is 0 Å². The van der Waals surface area contributed by atoms with Crippen molar-refractivity contribution < 1.29 is 0 Å². The van der Waals surface area contributed by atoms with Gasteiger partial charge in [-0.25, -0.2) is 0 Å². The smallest absolute Gasteiger partial charge is 0.0453 e. The molecule has 1 unspecified atom stereocenters. The maximum atomic E-state index is 6.15. The van der Waals surface area contributed by atoms with Gasteiger partial charge in [0.05, 0.1) is 0 Å². The first-order chi connectivity index (χ1) is 7.57. The van der Waals surface area contributed by atoms with Crippen molar-refractivity contribution in [2.75, 3.05) is 0 Å². The fourth-order valence-corrected chi connectivity index (χ4v) is 2.54. The van der Waals surface area contributed by atoms with Crippen molar-refractivity contribution in [3.05, 3.63) is 33.8 Å². The number of halogens is 2. The van der Waals surface area contributed by atoms with Crippen molar-refractivity contribution >= 4 is 23.2 Å². The predicted molar refractivity (Wildman–Crippen MR) is 68.6 cm³/mol. The van der Waals surface area contributed by atoms with Crippen molar-refractivity contribution in [2.24, 2.45) is 11.3 Å². The van der Waals surface area contributed by atoms with Crippen LogP contribution in [-0.2, 0) is 6.42 Å². The van der Waals surface area contributed by atoms with E-state index in [0.29, 0.717) is 5.41 Å². The summed E-state index contributed by atoms with van der Waals surface area (Å²) in [6.07, 6.45) is 3.21. The number of hydrazine groups is 1. The van der Waals surface area contributed by atoms with Crippen molar-refractivity contribution in [1.82, 2.24) is 5.43 Å². The highest BCUT2D eigenvalue weighted by Gasteiger charge is 2.44. The number of nitrogens with two attached hydrogens (primary N) is 1. The maximum Gasteiger partial charge on any atom is 0.0453 e. The van der Waals surface area contributed by atoms with Crippen molar-refractivity contribution in [2.45, 2.75) is 32.2 Å². The Morgan fingerprint density at radius 2 is 1.94 bits per heavy atom. The SMILES string of the molecule is CC1(C(Cc2c(Cl)cccc2Cl)NN)CC1. The molecule has 1 saturated carbocycles. The zero-order valence-electron chi connectivity index (χ0n) is 9.26. The van der Waals surface area contributed by atoms with E-state index in [4.69, 9.17) is 29.0 Å². The summed E-state index contributed by atoms with van der Waals surface area (Å²) in [7, 11) is 0. The molecule has 0 aliphatic heterocycles. The average molecular weight is 259 g/mol. The number of benzene rings is 1. The molecular formula is C12H16Cl2N2. The quantitative estimate of drug-likeness (QED) is 0.643. The fourth-order valence-electron chi connectivity index (χ4n) is 1.98. The van der Waals surface area contributed by atoms with E-state index in [2.05, 4.69) is 12.3 Å². The molecule has 1 fully saturated rings. The molecule has 0 bridgehead atoms. The van der Waals surface area contributed by atoms with E-state index in [0.717, 1.165) is 22.0 Å². The standard InChI is InChI=1S/C12H16Cl2N2/c1-12(5-6-12)11(16-15)7-8-9(13)3-2-4-10(8)14/h2-4,11,16H,5-7,15H2,1H3. The van der Waals surface area contributed by atoms with Gasteiger partial charge in [-0.3, -0.25) is 11.3 Å². The second kappa shape index (κ2) is 4.53. The highest BCUT2D eigenvalue weighted by molar-refractivity contribution is 6.36. The summed E-state index contributed by atoms with van der Waals surface area (Å²) in [6.45, 7) is 2.24. The molecule has 1 aliphatic rings. The molecule has 2 nitrogen and oxygen atoms in total. The van der Waals surface area contributed by atoms with E-state index >= 15 is 0 Å². The van der Waals surface area contributed by atoms with Gasteiger partial charge >= 0.3 is 0 Å². The van der Waals surface area contributed by atoms with Crippen LogP contribution in [0.4, 0.5) is 0 Å². The summed E-state index contributed by atoms with van der Waals surface area (Å²) in [4.78, 5) is 0. The molecule has 1 aromatic rings. The van der Waals surface area contributed by atoms with Gasteiger partial charge in [-0.05, 0) is 42.4 Å². The van der Waals surface area contributed by atoms with Crippen molar-refractivity contribution in [1.29, 1.82) is 0 Å². The van der Waals surface area contributed by atoms with Gasteiger partial charge in [0.15, 0.2) is 0 Å². The normalized spacial score (nSPS) is 19.5. The second-order valence-corrected chi connectivity index (χ2v) is 5.59. The number of hydrogen-bond donors (Lipinski definition) is 2. The Morgan fingerprint density at radius 1 is 1.38 bits per heavy atom. The lowest BCUT2D eigenvalue weighted by Gasteiger charge is -2.23. The van der Waals surface area contributed by atoms with Crippen LogP contribution in [0.5, 0.6) is 0 Å². The van der Waals surface area contributed by atoms with Crippen LogP contribution < -0.4 is 11.3 Å². The van der Waals surface area contributed by atoms with Crippen LogP contribution in [0.3, 0.4) is 0 Å². The molecule has 2 rings (SSSR count). The van der Waals surface area contributed by atoms with Crippen LogP contribution in [0.1, 0.15) is 25.3 Å². The van der Waals surface area contributed by atoms with Crippen molar-refractivity contribution in [3.8, 4) is 0 Å². The minimum atomic E-state index is 0.241. The van der Waals surface area contributed by atoms with Gasteiger partial charge in [-0.15, -0.1) is 0 Å². The van der Waals surface area contributed by atoms with E-state index < -0.39 is 0 Å². The van der Waals surface area contributed by atoms with E-state index in [9.17, 15) is 0 Å². The topological polar surface area (TPSA) is 38.0 Å². The highest BCUT2D eigenvalue weighted by atomic mass is 35.5. The first-order valence-electron chi connectivity index (χ1n) is 5.46. The summed E-state index contributed by atoms with van der Waals surface area (Å²) < 4.78 is 0. The summed E-state index contributed by atoms with van der Waals surface area (Å²) >= 11 is 12.3. The zero-order chi connectivity index (χ0) is 11.8. The lowest BCUT2D eigenvalue weighted by atomic mass is 9.93. The van der Waals surface area contributed by atoms with E-state index in [1.807, 2.05) is 18.2 Å². The predicted octanol–water partition coefficient (Wildman–Crippen LogP) is 3.17. The van der Waals surface area contributed by atoms with Gasteiger partial charge in [0, 0.05) is 16.1 Å². The third kappa shape index (κ3) is 2.35. The molecule has 4 heteroatoms. The maximum absolute atomic E-state index is 6.15. The Hall–Kier alpha value is -0.280. The Balaban J connectivity index is 2.19. The first-order valence-corrected chi connectivity index (χ1v) is 6.21. The minimum absolute atomic E-state index is 0.241. The fraction of sp³-hybridized carbons (Fsp3) is 0.500.